The Bertz CT molecular complexity index is 738. The second-order valence-electron chi connectivity index (χ2n) is 7.02. The van der Waals surface area contributed by atoms with E-state index in [1.165, 1.54) is 37.0 Å². The van der Waals surface area contributed by atoms with Gasteiger partial charge in [-0.25, -0.2) is 4.98 Å². The molecule has 1 saturated heterocycles. The van der Waals surface area contributed by atoms with Crippen LogP contribution in [0.5, 0.6) is 5.75 Å². The van der Waals surface area contributed by atoms with Gasteiger partial charge in [0.05, 0.1) is 7.11 Å². The number of methoxy groups -OCH3 is 1. The highest BCUT2D eigenvalue weighted by Crippen LogP contribution is 2.36. The van der Waals surface area contributed by atoms with E-state index in [1.54, 1.807) is 7.11 Å². The van der Waals surface area contributed by atoms with Gasteiger partial charge in [0.25, 0.3) is 5.91 Å². The number of hydrogen-bond donors (Lipinski definition) is 0. The lowest BCUT2D eigenvalue weighted by atomic mass is 9.78. The van der Waals surface area contributed by atoms with Gasteiger partial charge in [0.1, 0.15) is 16.5 Å². The van der Waals surface area contributed by atoms with E-state index in [9.17, 15) is 4.79 Å². The summed E-state index contributed by atoms with van der Waals surface area (Å²) in [5.74, 6) is 1.65. The van der Waals surface area contributed by atoms with Crippen molar-refractivity contribution in [3.8, 4) is 16.3 Å². The van der Waals surface area contributed by atoms with E-state index in [0.29, 0.717) is 17.7 Å². The molecule has 0 radical (unpaired) electrons. The zero-order valence-electron chi connectivity index (χ0n) is 14.6. The van der Waals surface area contributed by atoms with Crippen LogP contribution >= 0.6 is 11.3 Å². The highest BCUT2D eigenvalue weighted by molar-refractivity contribution is 7.13. The van der Waals surface area contributed by atoms with Gasteiger partial charge in [0.2, 0.25) is 0 Å². The topological polar surface area (TPSA) is 42.4 Å². The van der Waals surface area contributed by atoms with Gasteiger partial charge in [-0.3, -0.25) is 4.79 Å². The van der Waals surface area contributed by atoms with E-state index >= 15 is 0 Å². The molecule has 2 heterocycles. The third-order valence-corrected chi connectivity index (χ3v) is 6.46. The molecule has 1 aromatic heterocycles. The molecule has 0 spiro atoms. The van der Waals surface area contributed by atoms with Gasteiger partial charge in [-0.2, -0.15) is 0 Å². The van der Waals surface area contributed by atoms with Crippen molar-refractivity contribution in [3.63, 3.8) is 0 Å². The fraction of sp³-hybridized carbons (Fsp3) is 0.500. The largest absolute Gasteiger partial charge is 0.497 e. The predicted octanol–water partition coefficient (Wildman–Crippen LogP) is 4.61. The summed E-state index contributed by atoms with van der Waals surface area (Å²) in [5, 5.41) is 2.80. The number of benzene rings is 1. The van der Waals surface area contributed by atoms with E-state index < -0.39 is 0 Å². The molecule has 0 bridgehead atoms. The highest BCUT2D eigenvalue weighted by atomic mass is 32.1. The summed E-state index contributed by atoms with van der Waals surface area (Å²) >= 11 is 1.54. The maximum atomic E-state index is 13.0. The predicted molar refractivity (Wildman–Crippen MR) is 100 cm³/mol. The molecule has 0 N–H and O–H groups in total. The van der Waals surface area contributed by atoms with Crippen molar-refractivity contribution in [1.82, 2.24) is 9.88 Å². The van der Waals surface area contributed by atoms with Gasteiger partial charge < -0.3 is 9.64 Å². The highest BCUT2D eigenvalue weighted by Gasteiger charge is 2.36. The number of piperidine rings is 1. The minimum absolute atomic E-state index is 0.118. The molecule has 1 aliphatic heterocycles. The van der Waals surface area contributed by atoms with Crippen molar-refractivity contribution in [2.75, 3.05) is 13.7 Å². The first-order valence-corrected chi connectivity index (χ1v) is 10.0. The van der Waals surface area contributed by atoms with Gasteiger partial charge in [0.15, 0.2) is 0 Å². The Labute approximate surface area is 152 Å². The molecule has 0 unspecified atom stereocenters. The molecule has 2 aliphatic rings. The summed E-state index contributed by atoms with van der Waals surface area (Å²) < 4.78 is 5.20. The molecule has 1 aliphatic carbocycles. The van der Waals surface area contributed by atoms with Crippen molar-refractivity contribution in [3.05, 3.63) is 35.3 Å². The van der Waals surface area contributed by atoms with E-state index in [4.69, 9.17) is 4.74 Å². The van der Waals surface area contributed by atoms with Gasteiger partial charge >= 0.3 is 0 Å². The summed E-state index contributed by atoms with van der Waals surface area (Å²) in [7, 11) is 1.66. The Hall–Kier alpha value is -1.88. The van der Waals surface area contributed by atoms with Crippen molar-refractivity contribution >= 4 is 17.2 Å². The molecule has 4 rings (SSSR count). The minimum Gasteiger partial charge on any atom is -0.497 e. The molecule has 2 aromatic rings. The standard InChI is InChI=1S/C20H24N2O2S/c1-24-16-10-8-15(9-11-16)19-21-17(13-25-19)20(23)22-12-4-6-14-5-2-3-7-18(14)22/h8-11,13-14,18H,2-7,12H2,1H3/t14-,18+/m0/s1. The number of nitrogens with zero attached hydrogens (tertiary/aromatic N) is 2. The van der Waals surface area contributed by atoms with Crippen LogP contribution in [0.4, 0.5) is 0 Å². The SMILES string of the molecule is COc1ccc(-c2nc(C(=O)N3CCC[C@@H]4CCCC[C@H]43)cs2)cc1. The number of thiazole rings is 1. The first-order chi connectivity index (χ1) is 12.3. The molecule has 2 atom stereocenters. The molecule has 5 heteroatoms. The monoisotopic (exact) mass is 356 g/mol. The van der Waals surface area contributed by atoms with Gasteiger partial charge in [-0.15, -0.1) is 11.3 Å². The van der Waals surface area contributed by atoms with Gasteiger partial charge in [-0.05, 0) is 55.9 Å². The lowest BCUT2D eigenvalue weighted by molar-refractivity contribution is 0.0386. The van der Waals surface area contributed by atoms with Crippen LogP contribution in [-0.2, 0) is 0 Å². The smallest absolute Gasteiger partial charge is 0.273 e. The number of fused-ring (bicyclic) bond motifs is 1. The van der Waals surface area contributed by atoms with Crippen LogP contribution in [0.3, 0.4) is 0 Å². The first-order valence-electron chi connectivity index (χ1n) is 9.17. The van der Waals surface area contributed by atoms with Crippen molar-refractivity contribution < 1.29 is 9.53 Å². The maximum Gasteiger partial charge on any atom is 0.273 e. The van der Waals surface area contributed by atoms with Gasteiger partial charge in [0, 0.05) is 23.5 Å². The number of hydrogen-bond acceptors (Lipinski definition) is 4. The van der Waals surface area contributed by atoms with Crippen molar-refractivity contribution in [2.45, 2.75) is 44.6 Å². The van der Waals surface area contributed by atoms with Crippen LogP contribution < -0.4 is 4.74 Å². The van der Waals surface area contributed by atoms with E-state index in [-0.39, 0.29) is 5.91 Å². The summed E-state index contributed by atoms with van der Waals surface area (Å²) in [6.45, 7) is 0.884. The van der Waals surface area contributed by atoms with Crippen LogP contribution in [0.25, 0.3) is 10.6 Å². The molecule has 1 amide bonds. The van der Waals surface area contributed by atoms with E-state index in [0.717, 1.165) is 35.7 Å². The van der Waals surface area contributed by atoms with Crippen molar-refractivity contribution in [2.24, 2.45) is 5.92 Å². The Morgan fingerprint density at radius 2 is 1.92 bits per heavy atom. The Kier molecular flexibility index (Phi) is 4.75. The minimum atomic E-state index is 0.118. The van der Waals surface area contributed by atoms with Crippen LogP contribution in [0.1, 0.15) is 49.0 Å². The zero-order valence-corrected chi connectivity index (χ0v) is 15.4. The van der Waals surface area contributed by atoms with Crippen LogP contribution in [0.2, 0.25) is 0 Å². The average molecular weight is 356 g/mol. The molecule has 1 saturated carbocycles. The number of carbonyl (C=O) groups is 1. The summed E-state index contributed by atoms with van der Waals surface area (Å²) in [6, 6.07) is 8.26. The Balaban J connectivity index is 1.53. The molecule has 2 fully saturated rings. The summed E-state index contributed by atoms with van der Waals surface area (Å²) in [5.41, 5.74) is 1.63. The molecule has 132 valence electrons. The third-order valence-electron chi connectivity index (χ3n) is 5.56. The van der Waals surface area contributed by atoms with Crippen LogP contribution in [-0.4, -0.2) is 35.5 Å². The molecule has 25 heavy (non-hydrogen) atoms. The molecule has 1 aromatic carbocycles. The maximum absolute atomic E-state index is 13.0. The van der Waals surface area contributed by atoms with Crippen LogP contribution in [0, 0.1) is 5.92 Å². The lowest BCUT2D eigenvalue weighted by Crippen LogP contribution is -2.49. The lowest BCUT2D eigenvalue weighted by Gasteiger charge is -2.43. The second-order valence-corrected chi connectivity index (χ2v) is 7.88. The third kappa shape index (κ3) is 3.30. The fourth-order valence-electron chi connectivity index (χ4n) is 4.26. The summed E-state index contributed by atoms with van der Waals surface area (Å²) in [6.07, 6.45) is 7.42. The van der Waals surface area contributed by atoms with Gasteiger partial charge in [-0.1, -0.05) is 12.8 Å². The number of ether oxygens (including phenoxy) is 1. The average Bonchev–Trinajstić information content (AvgIpc) is 3.17. The van der Waals surface area contributed by atoms with Crippen LogP contribution in [0.15, 0.2) is 29.6 Å². The number of rotatable bonds is 3. The quantitative estimate of drug-likeness (QED) is 0.806. The molecule has 4 nitrogen and oxygen atoms in total. The summed E-state index contributed by atoms with van der Waals surface area (Å²) in [4.78, 5) is 19.8. The normalized spacial score (nSPS) is 23.2. The van der Waals surface area contributed by atoms with E-state index in [1.807, 2.05) is 29.6 Å². The van der Waals surface area contributed by atoms with Crippen molar-refractivity contribution in [1.29, 1.82) is 0 Å². The molecular formula is C20H24N2O2S. The van der Waals surface area contributed by atoms with E-state index in [2.05, 4.69) is 9.88 Å². The zero-order chi connectivity index (χ0) is 17.2. The second kappa shape index (κ2) is 7.16. The molecular weight excluding hydrogens is 332 g/mol. The Morgan fingerprint density at radius 3 is 2.72 bits per heavy atom. The number of aromatic nitrogens is 1. The number of likely N-dealkylation sites (tertiary alicyclic amines) is 1. The first kappa shape index (κ1) is 16.6. The number of amides is 1. The fourth-order valence-corrected chi connectivity index (χ4v) is 5.06. The number of carbonyl (C=O) groups excluding carboxylic acids is 1. The Morgan fingerprint density at radius 1 is 1.16 bits per heavy atom.